The molecule has 0 radical (unpaired) electrons. The summed E-state index contributed by atoms with van der Waals surface area (Å²) in [5.74, 6) is 0.411. The number of nitriles is 1. The molecule has 0 atom stereocenters. The monoisotopic (exact) mass is 470 g/mol. The van der Waals surface area contributed by atoms with Crippen molar-refractivity contribution in [2.45, 2.75) is 6.54 Å². The number of carbonyl (C=O) groups is 1. The lowest BCUT2D eigenvalue weighted by Gasteiger charge is -2.16. The molecule has 3 N–H and O–H groups in total. The third-order valence-electron chi connectivity index (χ3n) is 5.08. The first-order valence-electron chi connectivity index (χ1n) is 10.4. The van der Waals surface area contributed by atoms with Gasteiger partial charge >= 0.3 is 0 Å². The van der Waals surface area contributed by atoms with Crippen molar-refractivity contribution in [1.82, 2.24) is 4.98 Å². The molecule has 0 fully saturated rings. The predicted octanol–water partition coefficient (Wildman–Crippen LogP) is 5.04. The van der Waals surface area contributed by atoms with E-state index in [0.717, 1.165) is 11.1 Å². The van der Waals surface area contributed by atoms with Crippen LogP contribution < -0.4 is 15.8 Å². The van der Waals surface area contributed by atoms with Crippen LogP contribution in [0.5, 0.6) is 5.75 Å². The summed E-state index contributed by atoms with van der Waals surface area (Å²) in [4.78, 5) is 18.0. The highest BCUT2D eigenvalue weighted by molar-refractivity contribution is 7.12. The Balaban J connectivity index is 1.90. The zero-order valence-corrected chi connectivity index (χ0v) is 19.3. The summed E-state index contributed by atoms with van der Waals surface area (Å²) in [6.07, 6.45) is 0. The van der Waals surface area contributed by atoms with E-state index < -0.39 is 0 Å². The first-order valence-corrected chi connectivity index (χ1v) is 11.3. The van der Waals surface area contributed by atoms with Crippen molar-refractivity contribution in [3.63, 3.8) is 0 Å². The second-order valence-corrected chi connectivity index (χ2v) is 8.22. The average Bonchev–Trinajstić information content (AvgIpc) is 3.42. The Labute approximate surface area is 201 Å². The van der Waals surface area contributed by atoms with E-state index in [9.17, 15) is 10.1 Å². The zero-order valence-electron chi connectivity index (χ0n) is 18.4. The number of rotatable bonds is 8. The number of hydrogen-bond acceptors (Lipinski definition) is 7. The van der Waals surface area contributed by atoms with Crippen molar-refractivity contribution in [3.05, 3.63) is 88.1 Å². The summed E-state index contributed by atoms with van der Waals surface area (Å²) in [6.45, 7) is 0.435. The molecular weight excluding hydrogens is 448 g/mol. The third kappa shape index (κ3) is 4.97. The molecule has 170 valence electrons. The number of thiophene rings is 1. The van der Waals surface area contributed by atoms with E-state index >= 15 is 0 Å². The molecule has 8 heteroatoms. The van der Waals surface area contributed by atoms with E-state index in [1.807, 2.05) is 60.0 Å². The molecule has 0 spiro atoms. The number of nitrogens with two attached hydrogens (primary N) is 1. The summed E-state index contributed by atoms with van der Waals surface area (Å²) in [7, 11) is 1.54. The number of carbonyl (C=O) groups excluding carboxylic acids is 1. The van der Waals surface area contributed by atoms with Gasteiger partial charge in [-0.3, -0.25) is 4.79 Å². The molecule has 4 rings (SSSR count). The van der Waals surface area contributed by atoms with Gasteiger partial charge < -0.3 is 20.5 Å². The number of ether oxygens (including phenoxy) is 2. The number of methoxy groups -OCH3 is 1. The van der Waals surface area contributed by atoms with Crippen LogP contribution in [0.25, 0.3) is 22.4 Å². The number of nitrogens with one attached hydrogen (secondary N) is 1. The fourth-order valence-electron chi connectivity index (χ4n) is 3.48. The van der Waals surface area contributed by atoms with Crippen LogP contribution >= 0.6 is 11.3 Å². The Hall–Kier alpha value is -4.03. The number of nitrogens with zero attached hydrogens (tertiary/aromatic N) is 2. The second kappa shape index (κ2) is 10.7. The molecule has 0 saturated heterocycles. The SMILES string of the molecule is COCOc1ccccc1-c1cc(-c2cccc(CN)c2)c(C#N)c(NC(=O)c2cccs2)n1. The molecule has 0 aliphatic carbocycles. The molecule has 4 aromatic rings. The van der Waals surface area contributed by atoms with Crippen LogP contribution in [0.15, 0.2) is 72.1 Å². The fourth-order valence-corrected chi connectivity index (χ4v) is 4.10. The van der Waals surface area contributed by atoms with Crippen LogP contribution in [0, 0.1) is 11.3 Å². The number of pyridine rings is 1. The molecule has 0 unspecified atom stereocenters. The van der Waals surface area contributed by atoms with E-state index in [-0.39, 0.29) is 24.1 Å². The molecule has 1 amide bonds. The van der Waals surface area contributed by atoms with Gasteiger partial charge in [0.2, 0.25) is 0 Å². The minimum absolute atomic E-state index is 0.0701. The fraction of sp³-hybridized carbons (Fsp3) is 0.115. The first-order chi connectivity index (χ1) is 16.6. The summed E-state index contributed by atoms with van der Waals surface area (Å²) in [5, 5.41) is 14.7. The van der Waals surface area contributed by atoms with E-state index in [1.54, 1.807) is 19.2 Å². The van der Waals surface area contributed by atoms with Gasteiger partial charge in [-0.2, -0.15) is 5.26 Å². The number of benzene rings is 2. The van der Waals surface area contributed by atoms with Gasteiger partial charge in [-0.15, -0.1) is 11.3 Å². The van der Waals surface area contributed by atoms with Crippen molar-refractivity contribution < 1.29 is 14.3 Å². The van der Waals surface area contributed by atoms with E-state index in [4.69, 9.17) is 15.2 Å². The van der Waals surface area contributed by atoms with E-state index in [1.165, 1.54) is 11.3 Å². The maximum Gasteiger partial charge on any atom is 0.266 e. The summed E-state index contributed by atoms with van der Waals surface area (Å²) < 4.78 is 10.8. The van der Waals surface area contributed by atoms with E-state index in [2.05, 4.69) is 16.4 Å². The van der Waals surface area contributed by atoms with Crippen molar-refractivity contribution in [3.8, 4) is 34.2 Å². The molecule has 7 nitrogen and oxygen atoms in total. The van der Waals surface area contributed by atoms with Crippen LogP contribution in [0.3, 0.4) is 0 Å². The molecule has 0 aliphatic heterocycles. The highest BCUT2D eigenvalue weighted by Gasteiger charge is 2.20. The quantitative estimate of drug-likeness (QED) is 0.349. The minimum atomic E-state index is -0.332. The van der Waals surface area contributed by atoms with Gasteiger partial charge in [-0.1, -0.05) is 36.4 Å². The number of aromatic nitrogens is 1. The first kappa shape index (κ1) is 23.1. The molecular formula is C26H22N4O3S. The highest BCUT2D eigenvalue weighted by Crippen LogP contribution is 2.36. The lowest BCUT2D eigenvalue weighted by Crippen LogP contribution is -2.14. The topological polar surface area (TPSA) is 110 Å². The molecule has 0 aliphatic rings. The smallest absolute Gasteiger partial charge is 0.266 e. The van der Waals surface area contributed by atoms with Crippen LogP contribution in [0.1, 0.15) is 20.8 Å². The molecule has 2 aromatic carbocycles. The molecule has 0 bridgehead atoms. The van der Waals surface area contributed by atoms with Crippen molar-refractivity contribution in [1.29, 1.82) is 5.26 Å². The Kier molecular flexibility index (Phi) is 7.30. The van der Waals surface area contributed by atoms with Crippen molar-refractivity contribution >= 4 is 23.1 Å². The Morgan fingerprint density at radius 1 is 1.12 bits per heavy atom. The second-order valence-electron chi connectivity index (χ2n) is 7.27. The van der Waals surface area contributed by atoms with Gasteiger partial charge in [0, 0.05) is 24.8 Å². The predicted molar refractivity (Wildman–Crippen MR) is 132 cm³/mol. The maximum atomic E-state index is 12.8. The average molecular weight is 471 g/mol. The summed E-state index contributed by atoms with van der Waals surface area (Å²) >= 11 is 1.31. The largest absolute Gasteiger partial charge is 0.467 e. The lowest BCUT2D eigenvalue weighted by atomic mass is 9.96. The van der Waals surface area contributed by atoms with Gasteiger partial charge in [0.15, 0.2) is 12.6 Å². The highest BCUT2D eigenvalue weighted by atomic mass is 32.1. The van der Waals surface area contributed by atoms with Gasteiger partial charge in [-0.25, -0.2) is 4.98 Å². The minimum Gasteiger partial charge on any atom is -0.467 e. The van der Waals surface area contributed by atoms with Crippen LogP contribution in [0.2, 0.25) is 0 Å². The Bertz CT molecular complexity index is 1350. The lowest BCUT2D eigenvalue weighted by molar-refractivity contribution is 0.0515. The third-order valence-corrected chi connectivity index (χ3v) is 5.95. The van der Waals surface area contributed by atoms with Gasteiger partial charge in [0.05, 0.1) is 10.6 Å². The van der Waals surface area contributed by atoms with Crippen molar-refractivity contribution in [2.75, 3.05) is 19.2 Å². The Morgan fingerprint density at radius 2 is 1.97 bits per heavy atom. The Morgan fingerprint density at radius 3 is 2.71 bits per heavy atom. The number of amides is 1. The maximum absolute atomic E-state index is 12.8. The van der Waals surface area contributed by atoms with Gasteiger partial charge in [-0.05, 0) is 46.8 Å². The summed E-state index contributed by atoms with van der Waals surface area (Å²) in [5.41, 5.74) is 9.70. The zero-order chi connectivity index (χ0) is 23.9. The molecule has 0 saturated carbocycles. The van der Waals surface area contributed by atoms with Gasteiger partial charge in [0.1, 0.15) is 17.4 Å². The van der Waals surface area contributed by atoms with Crippen LogP contribution in [-0.2, 0) is 11.3 Å². The standard InChI is InChI=1S/C26H22N4O3S/c1-32-16-33-23-9-3-2-8-19(23)22-13-20(18-7-4-6-17(12-18)14-27)21(15-28)25(29-22)30-26(31)24-10-5-11-34-24/h2-13H,14,16,27H2,1H3,(H,29,30,31). The van der Waals surface area contributed by atoms with Crippen molar-refractivity contribution in [2.24, 2.45) is 5.73 Å². The summed E-state index contributed by atoms with van der Waals surface area (Å²) in [6, 6.07) is 22.6. The van der Waals surface area contributed by atoms with Gasteiger partial charge in [0.25, 0.3) is 5.91 Å². The molecule has 2 aromatic heterocycles. The molecule has 2 heterocycles. The number of hydrogen-bond donors (Lipinski definition) is 2. The number of para-hydroxylation sites is 1. The van der Waals surface area contributed by atoms with E-state index in [0.29, 0.717) is 34.0 Å². The number of anilines is 1. The normalized spacial score (nSPS) is 10.5. The van der Waals surface area contributed by atoms with Crippen LogP contribution in [0.4, 0.5) is 5.82 Å². The molecule has 34 heavy (non-hydrogen) atoms. The van der Waals surface area contributed by atoms with Crippen LogP contribution in [-0.4, -0.2) is 24.8 Å².